The number of esters is 2. The standard InChI is InChI=1S/C23H25N5O6/c1-3-32-20(29)15(2)33-21(30)16-8-10-17(11-9-16)34-22-24-13-12-18(25-22)28-23(31)27-14-6-4-5-7-19(27)26-28/h8-13,15H,3-7,14H2,1-2H3. The van der Waals surface area contributed by atoms with Crippen LogP contribution in [0.25, 0.3) is 5.82 Å². The lowest BCUT2D eigenvalue weighted by atomic mass is 10.2. The van der Waals surface area contributed by atoms with Gasteiger partial charge in [0.1, 0.15) is 11.6 Å². The first-order valence-corrected chi connectivity index (χ1v) is 11.1. The summed E-state index contributed by atoms with van der Waals surface area (Å²) in [4.78, 5) is 45.1. The predicted octanol–water partition coefficient (Wildman–Crippen LogP) is 2.45. The van der Waals surface area contributed by atoms with E-state index >= 15 is 0 Å². The number of hydrogen-bond donors (Lipinski definition) is 0. The summed E-state index contributed by atoms with van der Waals surface area (Å²) in [5.41, 5.74) is 0.00527. The van der Waals surface area contributed by atoms with Crippen LogP contribution in [-0.4, -0.2) is 49.0 Å². The summed E-state index contributed by atoms with van der Waals surface area (Å²) in [6, 6.07) is 7.70. The third-order valence-corrected chi connectivity index (χ3v) is 5.26. The Kier molecular flexibility index (Phi) is 7.00. The largest absolute Gasteiger partial charge is 0.463 e. The molecule has 0 N–H and O–H groups in total. The fraction of sp³-hybridized carbons (Fsp3) is 0.391. The Balaban J connectivity index is 1.45. The molecular formula is C23H25N5O6. The zero-order chi connectivity index (χ0) is 24.1. The minimum absolute atomic E-state index is 0.0267. The Morgan fingerprint density at radius 3 is 2.68 bits per heavy atom. The van der Waals surface area contributed by atoms with Crippen molar-refractivity contribution in [1.82, 2.24) is 24.3 Å². The molecule has 2 aromatic heterocycles. The summed E-state index contributed by atoms with van der Waals surface area (Å²) >= 11 is 0. The summed E-state index contributed by atoms with van der Waals surface area (Å²) in [5, 5.41) is 4.44. The molecule has 0 saturated carbocycles. The number of carbonyl (C=O) groups is 2. The van der Waals surface area contributed by atoms with Crippen molar-refractivity contribution in [3.63, 3.8) is 0 Å². The van der Waals surface area contributed by atoms with Crippen LogP contribution in [0, 0.1) is 0 Å². The molecule has 0 radical (unpaired) electrons. The maximum atomic E-state index is 12.8. The average molecular weight is 467 g/mol. The van der Waals surface area contributed by atoms with E-state index in [1.165, 1.54) is 29.9 Å². The fourth-order valence-corrected chi connectivity index (χ4v) is 3.53. The number of aromatic nitrogens is 5. The number of rotatable bonds is 7. The topological polar surface area (TPSA) is 127 Å². The van der Waals surface area contributed by atoms with Gasteiger partial charge in [-0.25, -0.2) is 19.4 Å². The van der Waals surface area contributed by atoms with Crippen molar-refractivity contribution in [2.24, 2.45) is 0 Å². The predicted molar refractivity (Wildman–Crippen MR) is 119 cm³/mol. The lowest BCUT2D eigenvalue weighted by Gasteiger charge is -2.12. The van der Waals surface area contributed by atoms with Gasteiger partial charge in [-0.15, -0.1) is 5.10 Å². The van der Waals surface area contributed by atoms with Crippen LogP contribution in [0.3, 0.4) is 0 Å². The van der Waals surface area contributed by atoms with E-state index in [0.717, 1.165) is 31.5 Å². The Labute approximate surface area is 195 Å². The molecule has 3 heterocycles. The zero-order valence-electron chi connectivity index (χ0n) is 19.0. The van der Waals surface area contributed by atoms with E-state index in [1.807, 2.05) is 0 Å². The van der Waals surface area contributed by atoms with Gasteiger partial charge in [-0.3, -0.25) is 4.57 Å². The van der Waals surface area contributed by atoms with E-state index in [9.17, 15) is 14.4 Å². The van der Waals surface area contributed by atoms with Crippen molar-refractivity contribution >= 4 is 11.9 Å². The summed E-state index contributed by atoms with van der Waals surface area (Å²) in [7, 11) is 0. The maximum Gasteiger partial charge on any atom is 0.352 e. The lowest BCUT2D eigenvalue weighted by Crippen LogP contribution is -2.26. The molecule has 1 aliphatic rings. The second-order valence-corrected chi connectivity index (χ2v) is 7.70. The summed E-state index contributed by atoms with van der Waals surface area (Å²) < 4.78 is 18.6. The van der Waals surface area contributed by atoms with E-state index in [4.69, 9.17) is 14.2 Å². The number of fused-ring (bicyclic) bond motifs is 1. The van der Waals surface area contributed by atoms with Crippen LogP contribution in [-0.2, 0) is 27.2 Å². The highest BCUT2D eigenvalue weighted by atomic mass is 16.6. The van der Waals surface area contributed by atoms with E-state index < -0.39 is 18.0 Å². The lowest BCUT2D eigenvalue weighted by molar-refractivity contribution is -0.152. The highest BCUT2D eigenvalue weighted by molar-refractivity contribution is 5.91. The molecular weight excluding hydrogens is 442 g/mol. The molecule has 0 saturated heterocycles. The molecule has 1 atom stereocenters. The van der Waals surface area contributed by atoms with Gasteiger partial charge in [0.15, 0.2) is 11.9 Å². The van der Waals surface area contributed by atoms with E-state index in [-0.39, 0.29) is 23.9 Å². The molecule has 4 rings (SSSR count). The Hall–Kier alpha value is -4.02. The van der Waals surface area contributed by atoms with Crippen LogP contribution in [0.1, 0.15) is 49.3 Å². The van der Waals surface area contributed by atoms with Crippen LogP contribution in [0.5, 0.6) is 11.8 Å². The molecule has 0 bridgehead atoms. The first-order chi connectivity index (χ1) is 16.5. The van der Waals surface area contributed by atoms with Crippen molar-refractivity contribution in [1.29, 1.82) is 0 Å². The molecule has 0 spiro atoms. The van der Waals surface area contributed by atoms with Crippen LogP contribution in [0.4, 0.5) is 0 Å². The van der Waals surface area contributed by atoms with E-state index in [0.29, 0.717) is 18.1 Å². The Morgan fingerprint density at radius 2 is 1.91 bits per heavy atom. The number of aryl methyl sites for hydroxylation is 1. The molecule has 1 aromatic carbocycles. The number of nitrogens with zero attached hydrogens (tertiary/aromatic N) is 5. The van der Waals surface area contributed by atoms with Gasteiger partial charge in [0.05, 0.1) is 12.2 Å². The molecule has 0 aliphatic carbocycles. The normalized spacial score (nSPS) is 13.9. The molecule has 1 aliphatic heterocycles. The molecule has 34 heavy (non-hydrogen) atoms. The van der Waals surface area contributed by atoms with Gasteiger partial charge in [0.25, 0.3) is 0 Å². The second kappa shape index (κ2) is 10.3. The zero-order valence-corrected chi connectivity index (χ0v) is 19.0. The minimum Gasteiger partial charge on any atom is -0.463 e. The van der Waals surface area contributed by atoms with Crippen LogP contribution < -0.4 is 10.4 Å². The monoisotopic (exact) mass is 467 g/mol. The molecule has 1 unspecified atom stereocenters. The molecule has 3 aromatic rings. The number of carbonyl (C=O) groups excluding carboxylic acids is 2. The van der Waals surface area contributed by atoms with Gasteiger partial charge in [0.2, 0.25) is 0 Å². The Morgan fingerprint density at radius 1 is 1.12 bits per heavy atom. The van der Waals surface area contributed by atoms with Gasteiger partial charge < -0.3 is 14.2 Å². The summed E-state index contributed by atoms with van der Waals surface area (Å²) in [5.74, 6) is 0.164. The van der Waals surface area contributed by atoms with Crippen molar-refractivity contribution in [2.75, 3.05) is 6.61 Å². The highest BCUT2D eigenvalue weighted by Crippen LogP contribution is 2.20. The number of hydrogen-bond acceptors (Lipinski definition) is 9. The SMILES string of the molecule is CCOC(=O)C(C)OC(=O)c1ccc(Oc2nccc(-n3nc4n(c3=O)CCCCC4)n2)cc1. The van der Waals surface area contributed by atoms with E-state index in [2.05, 4.69) is 15.1 Å². The van der Waals surface area contributed by atoms with Crippen LogP contribution in [0.2, 0.25) is 0 Å². The van der Waals surface area contributed by atoms with Crippen LogP contribution >= 0.6 is 0 Å². The summed E-state index contributed by atoms with van der Waals surface area (Å²) in [6.07, 6.45) is 4.25. The first kappa shape index (κ1) is 23.1. The maximum absolute atomic E-state index is 12.8. The molecule has 11 nitrogen and oxygen atoms in total. The van der Waals surface area contributed by atoms with Gasteiger partial charge in [0, 0.05) is 25.2 Å². The van der Waals surface area contributed by atoms with Crippen molar-refractivity contribution < 1.29 is 23.8 Å². The summed E-state index contributed by atoms with van der Waals surface area (Å²) in [6.45, 7) is 3.97. The van der Waals surface area contributed by atoms with E-state index in [1.54, 1.807) is 29.7 Å². The quantitative estimate of drug-likeness (QED) is 0.481. The van der Waals surface area contributed by atoms with Gasteiger partial charge in [-0.2, -0.15) is 9.67 Å². The minimum atomic E-state index is -1.01. The molecule has 0 amide bonds. The fourth-order valence-electron chi connectivity index (χ4n) is 3.53. The van der Waals surface area contributed by atoms with Gasteiger partial charge >= 0.3 is 23.6 Å². The number of benzene rings is 1. The van der Waals surface area contributed by atoms with Crippen LogP contribution in [0.15, 0.2) is 41.3 Å². The smallest absolute Gasteiger partial charge is 0.352 e. The average Bonchev–Trinajstić information content (AvgIpc) is 2.99. The third kappa shape index (κ3) is 5.13. The van der Waals surface area contributed by atoms with Gasteiger partial charge in [-0.1, -0.05) is 6.42 Å². The van der Waals surface area contributed by atoms with Crippen molar-refractivity contribution in [3.8, 4) is 17.6 Å². The molecule has 0 fully saturated rings. The third-order valence-electron chi connectivity index (χ3n) is 5.26. The second-order valence-electron chi connectivity index (χ2n) is 7.70. The first-order valence-electron chi connectivity index (χ1n) is 11.1. The highest BCUT2D eigenvalue weighted by Gasteiger charge is 2.20. The van der Waals surface area contributed by atoms with Gasteiger partial charge in [-0.05, 0) is 51.0 Å². The molecule has 178 valence electrons. The molecule has 11 heteroatoms. The van der Waals surface area contributed by atoms with Crippen molar-refractivity contribution in [2.45, 2.75) is 52.2 Å². The van der Waals surface area contributed by atoms with Crippen molar-refractivity contribution in [3.05, 3.63) is 58.4 Å². The number of ether oxygens (including phenoxy) is 3. The Bertz CT molecular complexity index is 1230.